The number of amides is 2. The lowest BCUT2D eigenvalue weighted by Crippen LogP contribution is -2.24. The third-order valence-electron chi connectivity index (χ3n) is 2.70. The van der Waals surface area contributed by atoms with Crippen LogP contribution in [0.4, 0.5) is 5.69 Å². The van der Waals surface area contributed by atoms with Gasteiger partial charge in [-0.05, 0) is 31.0 Å². The molecule has 0 aliphatic carbocycles. The van der Waals surface area contributed by atoms with E-state index in [0.717, 1.165) is 19.3 Å². The van der Waals surface area contributed by atoms with Gasteiger partial charge in [0.2, 0.25) is 5.91 Å². The Labute approximate surface area is 114 Å². The number of anilines is 1. The van der Waals surface area contributed by atoms with Gasteiger partial charge in [-0.2, -0.15) is 0 Å². The van der Waals surface area contributed by atoms with Crippen molar-refractivity contribution < 1.29 is 9.59 Å². The van der Waals surface area contributed by atoms with Crippen molar-refractivity contribution in [3.05, 3.63) is 29.8 Å². The minimum atomic E-state index is -0.105. The second-order valence-electron chi connectivity index (χ2n) is 4.49. The quantitative estimate of drug-likeness (QED) is 0.793. The number of carbonyl (C=O) groups is 2. The number of nitrogens with one attached hydrogen (secondary N) is 2. The van der Waals surface area contributed by atoms with Crippen molar-refractivity contribution in [2.75, 3.05) is 11.9 Å². The second kappa shape index (κ2) is 8.29. The third-order valence-corrected chi connectivity index (χ3v) is 2.70. The van der Waals surface area contributed by atoms with Gasteiger partial charge in [0, 0.05) is 24.2 Å². The summed E-state index contributed by atoms with van der Waals surface area (Å²) in [6.07, 6.45) is 3.29. The average molecular weight is 262 g/mol. The molecule has 0 heterocycles. The van der Waals surface area contributed by atoms with Gasteiger partial charge in [0.1, 0.15) is 0 Å². The standard InChI is InChI=1S/C15H22N2O2/c1-3-5-9-14(18)17-13-8-6-7-12(11-13)15(19)16-10-4-2/h6-8,11H,3-5,9-10H2,1-2H3,(H,16,19)(H,17,18). The monoisotopic (exact) mass is 262 g/mol. The Morgan fingerprint density at radius 3 is 2.63 bits per heavy atom. The number of rotatable bonds is 7. The van der Waals surface area contributed by atoms with Crippen LogP contribution in [0.25, 0.3) is 0 Å². The fourth-order valence-electron chi connectivity index (χ4n) is 1.64. The normalized spacial score (nSPS) is 10.0. The van der Waals surface area contributed by atoms with Crippen molar-refractivity contribution in [3.8, 4) is 0 Å². The lowest BCUT2D eigenvalue weighted by Gasteiger charge is -2.07. The highest BCUT2D eigenvalue weighted by atomic mass is 16.2. The summed E-state index contributed by atoms with van der Waals surface area (Å²) in [6.45, 7) is 4.71. The predicted molar refractivity (Wildman–Crippen MR) is 77.2 cm³/mol. The Morgan fingerprint density at radius 2 is 1.95 bits per heavy atom. The number of hydrogen-bond acceptors (Lipinski definition) is 2. The molecule has 0 unspecified atom stereocenters. The maximum atomic E-state index is 11.8. The Kier molecular flexibility index (Phi) is 6.64. The molecule has 4 heteroatoms. The molecule has 104 valence electrons. The fourth-order valence-corrected chi connectivity index (χ4v) is 1.64. The van der Waals surface area contributed by atoms with E-state index in [4.69, 9.17) is 0 Å². The van der Waals surface area contributed by atoms with Gasteiger partial charge >= 0.3 is 0 Å². The average Bonchev–Trinajstić information content (AvgIpc) is 2.42. The Balaban J connectivity index is 2.61. The van der Waals surface area contributed by atoms with Gasteiger partial charge in [0.15, 0.2) is 0 Å². The summed E-state index contributed by atoms with van der Waals surface area (Å²) in [4.78, 5) is 23.4. The summed E-state index contributed by atoms with van der Waals surface area (Å²) >= 11 is 0. The molecular formula is C15H22N2O2. The van der Waals surface area contributed by atoms with E-state index in [1.165, 1.54) is 0 Å². The molecule has 2 N–H and O–H groups in total. The number of benzene rings is 1. The summed E-state index contributed by atoms with van der Waals surface area (Å²) in [7, 11) is 0. The largest absolute Gasteiger partial charge is 0.352 e. The Hall–Kier alpha value is -1.84. The van der Waals surface area contributed by atoms with Crippen LogP contribution < -0.4 is 10.6 Å². The van der Waals surface area contributed by atoms with Crippen LogP contribution in [0.2, 0.25) is 0 Å². The molecule has 0 bridgehead atoms. The molecule has 0 saturated heterocycles. The molecule has 0 saturated carbocycles. The van der Waals surface area contributed by atoms with Crippen LogP contribution in [0.1, 0.15) is 49.9 Å². The predicted octanol–water partition coefficient (Wildman–Crippen LogP) is 2.96. The van der Waals surface area contributed by atoms with Crippen LogP contribution in [-0.4, -0.2) is 18.4 Å². The topological polar surface area (TPSA) is 58.2 Å². The SMILES string of the molecule is CCCCC(=O)Nc1cccc(C(=O)NCCC)c1. The van der Waals surface area contributed by atoms with Gasteiger partial charge in [-0.3, -0.25) is 9.59 Å². The molecule has 0 aromatic heterocycles. The minimum Gasteiger partial charge on any atom is -0.352 e. The van der Waals surface area contributed by atoms with Gasteiger partial charge in [-0.15, -0.1) is 0 Å². The van der Waals surface area contributed by atoms with Gasteiger partial charge < -0.3 is 10.6 Å². The molecule has 0 fully saturated rings. The van der Waals surface area contributed by atoms with Crippen molar-refractivity contribution in [1.29, 1.82) is 0 Å². The van der Waals surface area contributed by atoms with E-state index >= 15 is 0 Å². The third kappa shape index (κ3) is 5.55. The minimum absolute atomic E-state index is 0.00651. The van der Waals surface area contributed by atoms with Crippen molar-refractivity contribution >= 4 is 17.5 Å². The van der Waals surface area contributed by atoms with Crippen molar-refractivity contribution in [1.82, 2.24) is 5.32 Å². The first-order chi connectivity index (χ1) is 9.17. The highest BCUT2D eigenvalue weighted by molar-refractivity contribution is 5.97. The summed E-state index contributed by atoms with van der Waals surface area (Å²) in [5.74, 6) is -0.112. The molecule has 1 rings (SSSR count). The van der Waals surface area contributed by atoms with Crippen LogP contribution in [0.5, 0.6) is 0 Å². The first-order valence-electron chi connectivity index (χ1n) is 6.85. The van der Waals surface area contributed by atoms with Crippen molar-refractivity contribution in [3.63, 3.8) is 0 Å². The van der Waals surface area contributed by atoms with E-state index in [9.17, 15) is 9.59 Å². The van der Waals surface area contributed by atoms with E-state index in [1.807, 2.05) is 13.8 Å². The van der Waals surface area contributed by atoms with Crippen molar-refractivity contribution in [2.24, 2.45) is 0 Å². The van der Waals surface area contributed by atoms with Gasteiger partial charge in [0.25, 0.3) is 5.91 Å². The summed E-state index contributed by atoms with van der Waals surface area (Å²) in [6, 6.07) is 7.01. The van der Waals surface area contributed by atoms with E-state index < -0.39 is 0 Å². The zero-order valence-electron chi connectivity index (χ0n) is 11.7. The van der Waals surface area contributed by atoms with E-state index in [0.29, 0.717) is 24.2 Å². The van der Waals surface area contributed by atoms with E-state index in [1.54, 1.807) is 24.3 Å². The second-order valence-corrected chi connectivity index (χ2v) is 4.49. The van der Waals surface area contributed by atoms with E-state index in [2.05, 4.69) is 10.6 Å². The molecular weight excluding hydrogens is 240 g/mol. The molecule has 0 spiro atoms. The summed E-state index contributed by atoms with van der Waals surface area (Å²) in [5, 5.41) is 5.62. The van der Waals surface area contributed by atoms with Gasteiger partial charge in [0.05, 0.1) is 0 Å². The van der Waals surface area contributed by atoms with E-state index in [-0.39, 0.29) is 11.8 Å². The zero-order chi connectivity index (χ0) is 14.1. The van der Waals surface area contributed by atoms with Crippen LogP contribution in [0, 0.1) is 0 Å². The molecule has 0 aliphatic heterocycles. The number of unbranched alkanes of at least 4 members (excludes halogenated alkanes) is 1. The summed E-state index contributed by atoms with van der Waals surface area (Å²) < 4.78 is 0. The molecule has 1 aromatic carbocycles. The Morgan fingerprint density at radius 1 is 1.16 bits per heavy atom. The maximum Gasteiger partial charge on any atom is 0.251 e. The van der Waals surface area contributed by atoms with Gasteiger partial charge in [-0.1, -0.05) is 26.3 Å². The van der Waals surface area contributed by atoms with Gasteiger partial charge in [-0.25, -0.2) is 0 Å². The molecule has 1 aromatic rings. The first kappa shape index (κ1) is 15.2. The van der Waals surface area contributed by atoms with Crippen LogP contribution in [0.15, 0.2) is 24.3 Å². The number of carbonyl (C=O) groups excluding carboxylic acids is 2. The molecule has 19 heavy (non-hydrogen) atoms. The van der Waals surface area contributed by atoms with Crippen molar-refractivity contribution in [2.45, 2.75) is 39.5 Å². The molecule has 0 radical (unpaired) electrons. The van der Waals surface area contributed by atoms with Crippen LogP contribution >= 0.6 is 0 Å². The molecule has 0 aliphatic rings. The molecule has 4 nitrogen and oxygen atoms in total. The zero-order valence-corrected chi connectivity index (χ0v) is 11.7. The maximum absolute atomic E-state index is 11.8. The molecule has 2 amide bonds. The lowest BCUT2D eigenvalue weighted by molar-refractivity contribution is -0.116. The smallest absolute Gasteiger partial charge is 0.251 e. The molecule has 0 atom stereocenters. The fraction of sp³-hybridized carbons (Fsp3) is 0.467. The van der Waals surface area contributed by atoms with Crippen LogP contribution in [0.3, 0.4) is 0 Å². The first-order valence-corrected chi connectivity index (χ1v) is 6.85. The summed E-state index contributed by atoms with van der Waals surface area (Å²) in [5.41, 5.74) is 1.24. The Bertz CT molecular complexity index is 430. The highest BCUT2D eigenvalue weighted by Crippen LogP contribution is 2.11. The lowest BCUT2D eigenvalue weighted by atomic mass is 10.1. The number of hydrogen-bond donors (Lipinski definition) is 2. The van der Waals surface area contributed by atoms with Crippen LogP contribution in [-0.2, 0) is 4.79 Å². The highest BCUT2D eigenvalue weighted by Gasteiger charge is 2.06.